The monoisotopic (exact) mass is 425 g/mol. The zero-order valence-electron chi connectivity index (χ0n) is 13.4. The van der Waals surface area contributed by atoms with Crippen LogP contribution < -0.4 is 64.4 Å². The fourth-order valence-corrected chi connectivity index (χ4v) is 2.19. The zero-order valence-corrected chi connectivity index (χ0v) is 19.0. The molecule has 0 aromatic rings. The number of rotatable bonds is 10. The Bertz CT molecular complexity index is 623. The van der Waals surface area contributed by atoms with Crippen molar-refractivity contribution in [1.29, 1.82) is 0 Å². The summed E-state index contributed by atoms with van der Waals surface area (Å²) in [4.78, 5) is 21.6. The molecule has 0 aromatic heterocycles. The summed E-state index contributed by atoms with van der Waals surface area (Å²) >= 11 is 0. The van der Waals surface area contributed by atoms with Crippen molar-refractivity contribution in [2.24, 2.45) is 0 Å². The molecule has 0 unspecified atom stereocenters. The van der Waals surface area contributed by atoms with E-state index >= 15 is 0 Å². The molecule has 13 nitrogen and oxygen atoms in total. The van der Waals surface area contributed by atoms with Crippen LogP contribution in [0.2, 0.25) is 0 Å². The average molecular weight is 425 g/mol. The van der Waals surface area contributed by atoms with Gasteiger partial charge in [-0.3, -0.25) is 13.2 Å². The number of nitrogens with one attached hydrogen (secondary N) is 1. The van der Waals surface area contributed by atoms with Crippen LogP contribution in [0.25, 0.3) is 0 Å². The van der Waals surface area contributed by atoms with E-state index in [1.54, 1.807) is 0 Å². The molecule has 0 aliphatic rings. The third-order valence-electron chi connectivity index (χ3n) is 2.21. The van der Waals surface area contributed by atoms with Crippen LogP contribution in [0.1, 0.15) is 6.92 Å². The SMILES string of the molecule is CC(=O)N[C@@H](C=O)[C@@H](O)[C@@H](OS(=O)(=O)[O-])[C@H](O)COS(=O)(=O)[O-].[Na+].[Na+]. The summed E-state index contributed by atoms with van der Waals surface area (Å²) in [7, 11) is -10.8. The van der Waals surface area contributed by atoms with Crippen LogP contribution in [0.3, 0.4) is 0 Å². The van der Waals surface area contributed by atoms with Crippen LogP contribution in [0.5, 0.6) is 0 Å². The number of carbonyl (C=O) groups excluding carboxylic acids is 2. The number of carbonyl (C=O) groups is 2. The zero-order chi connectivity index (χ0) is 18.4. The maximum Gasteiger partial charge on any atom is 1.00 e. The Morgan fingerprint density at radius 2 is 1.64 bits per heavy atom. The summed E-state index contributed by atoms with van der Waals surface area (Å²) < 4.78 is 70.0. The van der Waals surface area contributed by atoms with Crippen molar-refractivity contribution in [3.05, 3.63) is 0 Å². The molecule has 0 bridgehead atoms. The predicted molar refractivity (Wildman–Crippen MR) is 65.9 cm³/mol. The first kappa shape index (κ1) is 30.5. The van der Waals surface area contributed by atoms with Crippen molar-refractivity contribution in [3.63, 3.8) is 0 Å². The van der Waals surface area contributed by atoms with Crippen LogP contribution in [0, 0.1) is 0 Å². The number of aliphatic hydroxyl groups is 2. The van der Waals surface area contributed by atoms with Gasteiger partial charge in [-0.1, -0.05) is 0 Å². The molecule has 0 heterocycles. The van der Waals surface area contributed by atoms with E-state index in [1.165, 1.54) is 0 Å². The fourth-order valence-electron chi connectivity index (χ4n) is 1.37. The van der Waals surface area contributed by atoms with Crippen LogP contribution in [0.4, 0.5) is 0 Å². The number of aliphatic hydroxyl groups excluding tert-OH is 2. The predicted octanol–water partition coefficient (Wildman–Crippen LogP) is -10.3. The molecule has 0 spiro atoms. The molecule has 0 radical (unpaired) electrons. The van der Waals surface area contributed by atoms with E-state index in [4.69, 9.17) is 0 Å². The first-order chi connectivity index (χ1) is 10.3. The summed E-state index contributed by atoms with van der Waals surface area (Å²) in [6, 6.07) is -1.81. The minimum atomic E-state index is -5.52. The second kappa shape index (κ2) is 13.1. The van der Waals surface area contributed by atoms with Crippen molar-refractivity contribution in [1.82, 2.24) is 5.32 Å². The second-order valence-electron chi connectivity index (χ2n) is 4.08. The van der Waals surface area contributed by atoms with Gasteiger partial charge in [-0.2, -0.15) is 0 Å². The summed E-state index contributed by atoms with van der Waals surface area (Å²) in [5.74, 6) is -0.835. The van der Waals surface area contributed by atoms with Crippen LogP contribution in [-0.4, -0.2) is 79.3 Å². The Balaban J connectivity index is -0.00000242. The fraction of sp³-hybridized carbons (Fsp3) is 0.750. The van der Waals surface area contributed by atoms with E-state index in [2.05, 4.69) is 8.37 Å². The van der Waals surface area contributed by atoms with Gasteiger partial charge in [0.2, 0.25) is 26.7 Å². The molecule has 0 fully saturated rings. The molecular formula is C8H13NNa2O12S2. The van der Waals surface area contributed by atoms with Crippen molar-refractivity contribution in [3.8, 4) is 0 Å². The summed E-state index contributed by atoms with van der Waals surface area (Å²) in [5.41, 5.74) is 0. The molecule has 3 N–H and O–H groups in total. The molecule has 0 aliphatic carbocycles. The topological polar surface area (TPSA) is 219 Å². The van der Waals surface area contributed by atoms with E-state index in [-0.39, 0.29) is 65.4 Å². The number of hydrogen-bond acceptors (Lipinski definition) is 12. The van der Waals surface area contributed by atoms with E-state index in [0.29, 0.717) is 0 Å². The molecule has 136 valence electrons. The van der Waals surface area contributed by atoms with Gasteiger partial charge in [-0.25, -0.2) is 16.8 Å². The standard InChI is InChI=1S/C8H15NO12S2.2Na/c1-4(11)9-5(2-10)7(13)8(21-23(17,18)19)6(12)3-20-22(14,15)16;;/h2,5-8,12-13H,3H2,1H3,(H,9,11)(H,14,15,16)(H,17,18,19);;/q;2*+1/p-2/t5-,6+,7+,8-;;/m0../s1. The Labute approximate surface area is 187 Å². The summed E-state index contributed by atoms with van der Waals surface area (Å²) in [6.45, 7) is -0.443. The Kier molecular flexibility index (Phi) is 15.9. The molecule has 1 amide bonds. The van der Waals surface area contributed by atoms with Crippen LogP contribution in [0.15, 0.2) is 0 Å². The normalized spacial score (nSPS) is 16.4. The first-order valence-corrected chi connectivity index (χ1v) is 8.26. The van der Waals surface area contributed by atoms with Gasteiger partial charge in [-0.05, 0) is 0 Å². The van der Waals surface area contributed by atoms with Crippen molar-refractivity contribution < 1.29 is 113 Å². The molecule has 0 saturated carbocycles. The van der Waals surface area contributed by atoms with E-state index in [9.17, 15) is 45.7 Å². The molecule has 0 rings (SSSR count). The molecule has 0 aromatic carbocycles. The quantitative estimate of drug-likeness (QED) is 0.129. The molecule has 17 heteroatoms. The van der Waals surface area contributed by atoms with E-state index in [0.717, 1.165) is 6.92 Å². The Morgan fingerprint density at radius 1 is 1.16 bits per heavy atom. The minimum absolute atomic E-state index is 0. The third-order valence-corrected chi connectivity index (χ3v) is 3.10. The number of hydrogen-bond donors (Lipinski definition) is 3. The molecule has 25 heavy (non-hydrogen) atoms. The van der Waals surface area contributed by atoms with Gasteiger partial charge < -0.3 is 29.4 Å². The van der Waals surface area contributed by atoms with Crippen molar-refractivity contribution in [2.45, 2.75) is 31.3 Å². The maximum absolute atomic E-state index is 10.8. The maximum atomic E-state index is 10.8. The van der Waals surface area contributed by atoms with Crippen molar-refractivity contribution >= 4 is 33.0 Å². The van der Waals surface area contributed by atoms with E-state index in [1.807, 2.05) is 5.32 Å². The molecule has 4 atom stereocenters. The Morgan fingerprint density at radius 3 is 1.96 bits per heavy atom. The average Bonchev–Trinajstić information content (AvgIpc) is 2.36. The summed E-state index contributed by atoms with van der Waals surface area (Å²) in [6.07, 6.45) is -7.07. The van der Waals surface area contributed by atoms with Gasteiger partial charge in [0, 0.05) is 6.92 Å². The van der Waals surface area contributed by atoms with Gasteiger partial charge in [0.05, 0.1) is 6.61 Å². The Hall–Kier alpha value is 0.800. The largest absolute Gasteiger partial charge is 1.00 e. The number of amides is 1. The van der Waals surface area contributed by atoms with Gasteiger partial charge in [0.15, 0.2) is 0 Å². The van der Waals surface area contributed by atoms with Gasteiger partial charge in [-0.15, -0.1) is 0 Å². The molecular weight excluding hydrogens is 412 g/mol. The van der Waals surface area contributed by atoms with Crippen LogP contribution in [-0.2, 0) is 38.8 Å². The third kappa shape index (κ3) is 14.5. The summed E-state index contributed by atoms with van der Waals surface area (Å²) in [5, 5.41) is 21.2. The van der Waals surface area contributed by atoms with Gasteiger partial charge >= 0.3 is 59.1 Å². The van der Waals surface area contributed by atoms with E-state index < -0.39 is 57.7 Å². The van der Waals surface area contributed by atoms with Gasteiger partial charge in [0.1, 0.15) is 30.6 Å². The molecule has 0 saturated heterocycles. The minimum Gasteiger partial charge on any atom is -0.726 e. The molecule has 0 aliphatic heterocycles. The number of aldehydes is 1. The smallest absolute Gasteiger partial charge is 0.726 e. The first-order valence-electron chi connectivity index (χ1n) is 5.59. The van der Waals surface area contributed by atoms with Gasteiger partial charge in [0.25, 0.3) is 0 Å². The van der Waals surface area contributed by atoms with Crippen LogP contribution >= 0.6 is 0 Å². The van der Waals surface area contributed by atoms with Crippen molar-refractivity contribution in [2.75, 3.05) is 6.61 Å². The second-order valence-corrected chi connectivity index (χ2v) is 6.14.